The first-order chi connectivity index (χ1) is 14.5. The van der Waals surface area contributed by atoms with Crippen molar-refractivity contribution in [3.8, 4) is 0 Å². The molecule has 0 aromatic rings. The highest BCUT2D eigenvalue weighted by Crippen LogP contribution is 2.29. The SMILES string of the molecule is CC[C@@H](CC[C@H](C)NS(=O)(=O)C(C)C)CNC1=CC(F)=C(C(=O)N2CCCC2)C(F)C1. The molecule has 2 aliphatic rings. The number of carbonyl (C=O) groups is 1. The Morgan fingerprint density at radius 1 is 1.23 bits per heavy atom. The summed E-state index contributed by atoms with van der Waals surface area (Å²) in [7, 11) is -3.31. The fourth-order valence-corrected chi connectivity index (χ4v) is 4.82. The van der Waals surface area contributed by atoms with Gasteiger partial charge < -0.3 is 10.2 Å². The Kier molecular flexibility index (Phi) is 9.48. The molecule has 2 rings (SSSR count). The normalized spacial score (nSPS) is 22.0. The Balaban J connectivity index is 1.89. The van der Waals surface area contributed by atoms with Gasteiger partial charge in [0.15, 0.2) is 0 Å². The summed E-state index contributed by atoms with van der Waals surface area (Å²) in [4.78, 5) is 13.9. The average molecular weight is 462 g/mol. The second-order valence-corrected chi connectivity index (χ2v) is 11.2. The number of hydrogen-bond acceptors (Lipinski definition) is 4. The van der Waals surface area contributed by atoms with E-state index in [1.54, 1.807) is 13.8 Å². The first kappa shape index (κ1) is 25.8. The topological polar surface area (TPSA) is 78.5 Å². The number of allylic oxidation sites excluding steroid dienone is 3. The minimum absolute atomic E-state index is 0.0383. The molecular weight excluding hydrogens is 424 g/mol. The number of alkyl halides is 1. The van der Waals surface area contributed by atoms with Crippen molar-refractivity contribution in [3.63, 3.8) is 0 Å². The van der Waals surface area contributed by atoms with E-state index in [2.05, 4.69) is 10.0 Å². The smallest absolute Gasteiger partial charge is 0.255 e. The Morgan fingerprint density at radius 3 is 2.42 bits per heavy atom. The fraction of sp³-hybridized carbons (Fsp3) is 0.773. The summed E-state index contributed by atoms with van der Waals surface area (Å²) in [5.41, 5.74) is 0.0979. The second kappa shape index (κ2) is 11.4. The van der Waals surface area contributed by atoms with E-state index in [1.165, 1.54) is 11.0 Å². The van der Waals surface area contributed by atoms with Gasteiger partial charge in [-0.05, 0) is 58.4 Å². The summed E-state index contributed by atoms with van der Waals surface area (Å²) < 4.78 is 55.8. The van der Waals surface area contributed by atoms with E-state index in [0.717, 1.165) is 25.7 Å². The predicted octanol–water partition coefficient (Wildman–Crippen LogP) is 3.57. The molecule has 1 aliphatic heterocycles. The molecule has 0 aromatic heterocycles. The van der Waals surface area contributed by atoms with Gasteiger partial charge in [-0.2, -0.15) is 0 Å². The first-order valence-corrected chi connectivity index (χ1v) is 12.9. The van der Waals surface area contributed by atoms with E-state index in [9.17, 15) is 22.0 Å². The van der Waals surface area contributed by atoms with Crippen LogP contribution in [0.15, 0.2) is 23.2 Å². The average Bonchev–Trinajstić information content (AvgIpc) is 3.22. The number of carbonyl (C=O) groups excluding carboxylic acids is 1. The van der Waals surface area contributed by atoms with Crippen LogP contribution in [-0.4, -0.2) is 56.3 Å². The van der Waals surface area contributed by atoms with Gasteiger partial charge in [0.05, 0.1) is 10.8 Å². The molecule has 0 aromatic carbocycles. The highest BCUT2D eigenvalue weighted by Gasteiger charge is 2.33. The third-order valence-corrected chi connectivity index (χ3v) is 8.06. The van der Waals surface area contributed by atoms with Gasteiger partial charge in [-0.25, -0.2) is 21.9 Å². The predicted molar refractivity (Wildman–Crippen MR) is 119 cm³/mol. The molecule has 6 nitrogen and oxygen atoms in total. The lowest BCUT2D eigenvalue weighted by atomic mass is 9.96. The number of nitrogens with one attached hydrogen (secondary N) is 2. The molecule has 1 unspecified atom stereocenters. The molecule has 0 saturated carbocycles. The largest absolute Gasteiger partial charge is 0.388 e. The van der Waals surface area contributed by atoms with Crippen LogP contribution in [0.3, 0.4) is 0 Å². The van der Waals surface area contributed by atoms with Gasteiger partial charge >= 0.3 is 0 Å². The van der Waals surface area contributed by atoms with Crippen LogP contribution in [0.25, 0.3) is 0 Å². The molecular formula is C22H37F2N3O3S. The Labute approximate surface area is 185 Å². The molecule has 1 aliphatic carbocycles. The molecule has 0 bridgehead atoms. The summed E-state index contributed by atoms with van der Waals surface area (Å²) in [5, 5.41) is 2.66. The highest BCUT2D eigenvalue weighted by atomic mass is 32.2. The molecule has 1 fully saturated rings. The summed E-state index contributed by atoms with van der Waals surface area (Å²) in [5.74, 6) is -1.07. The highest BCUT2D eigenvalue weighted by molar-refractivity contribution is 7.90. The van der Waals surface area contributed by atoms with Crippen LogP contribution in [0.5, 0.6) is 0 Å². The van der Waals surface area contributed by atoms with E-state index in [0.29, 0.717) is 31.8 Å². The lowest BCUT2D eigenvalue weighted by molar-refractivity contribution is -0.126. The van der Waals surface area contributed by atoms with E-state index in [4.69, 9.17) is 0 Å². The van der Waals surface area contributed by atoms with Gasteiger partial charge in [0.1, 0.15) is 12.0 Å². The molecule has 1 saturated heterocycles. The van der Waals surface area contributed by atoms with Crippen molar-refractivity contribution in [2.24, 2.45) is 5.92 Å². The van der Waals surface area contributed by atoms with E-state index < -0.39 is 33.2 Å². The van der Waals surface area contributed by atoms with Crippen molar-refractivity contribution < 1.29 is 22.0 Å². The molecule has 0 radical (unpaired) electrons. The van der Waals surface area contributed by atoms with Gasteiger partial charge in [-0.15, -0.1) is 0 Å². The molecule has 31 heavy (non-hydrogen) atoms. The summed E-state index contributed by atoms with van der Waals surface area (Å²) in [6, 6.07) is -0.176. The Morgan fingerprint density at radius 2 is 1.87 bits per heavy atom. The maximum absolute atomic E-state index is 14.6. The minimum atomic E-state index is -3.31. The number of halogens is 2. The molecule has 178 valence electrons. The molecule has 1 amide bonds. The zero-order valence-corrected chi connectivity index (χ0v) is 19.9. The third kappa shape index (κ3) is 7.27. The number of amides is 1. The maximum atomic E-state index is 14.6. The van der Waals surface area contributed by atoms with Gasteiger partial charge in [0, 0.05) is 37.8 Å². The Bertz CT molecular complexity index is 790. The minimum Gasteiger partial charge on any atom is -0.388 e. The van der Waals surface area contributed by atoms with Crippen molar-refractivity contribution in [1.82, 2.24) is 14.9 Å². The number of sulfonamides is 1. The monoisotopic (exact) mass is 461 g/mol. The maximum Gasteiger partial charge on any atom is 0.255 e. The van der Waals surface area contributed by atoms with Gasteiger partial charge in [-0.3, -0.25) is 4.79 Å². The third-order valence-electron chi connectivity index (χ3n) is 6.08. The van der Waals surface area contributed by atoms with Crippen molar-refractivity contribution in [3.05, 3.63) is 23.2 Å². The van der Waals surface area contributed by atoms with Gasteiger partial charge in [0.25, 0.3) is 5.91 Å². The quantitative estimate of drug-likeness (QED) is 0.493. The van der Waals surface area contributed by atoms with Crippen LogP contribution in [0.2, 0.25) is 0 Å². The molecule has 3 atom stereocenters. The first-order valence-electron chi connectivity index (χ1n) is 11.3. The number of likely N-dealkylation sites (tertiary alicyclic amines) is 1. The van der Waals surface area contributed by atoms with Crippen molar-refractivity contribution in [2.45, 2.75) is 83.7 Å². The lowest BCUT2D eigenvalue weighted by Crippen LogP contribution is -2.38. The summed E-state index contributed by atoms with van der Waals surface area (Å²) in [6.07, 6.45) is 3.63. The van der Waals surface area contributed by atoms with E-state index in [1.807, 2.05) is 13.8 Å². The van der Waals surface area contributed by atoms with Crippen LogP contribution in [0, 0.1) is 5.92 Å². The number of nitrogens with zero attached hydrogens (tertiary/aromatic N) is 1. The van der Waals surface area contributed by atoms with Crippen LogP contribution in [-0.2, 0) is 14.8 Å². The second-order valence-electron chi connectivity index (χ2n) is 8.95. The molecule has 1 heterocycles. The van der Waals surface area contributed by atoms with Crippen molar-refractivity contribution >= 4 is 15.9 Å². The standard InChI is InChI=1S/C22H37F2N3O3S/c1-5-17(9-8-16(4)26-31(29,30)15(2)3)14-25-18-12-19(23)21(20(24)13-18)22(28)27-10-6-7-11-27/h12,15-17,20,25-26H,5-11,13-14H2,1-4H3/t16-,17-,20?/m0/s1. The molecule has 0 spiro atoms. The van der Waals surface area contributed by atoms with Crippen molar-refractivity contribution in [1.29, 1.82) is 0 Å². The zero-order chi connectivity index (χ0) is 23.2. The van der Waals surface area contributed by atoms with Gasteiger partial charge in [0.2, 0.25) is 10.0 Å². The summed E-state index contributed by atoms with van der Waals surface area (Å²) in [6.45, 7) is 8.82. The van der Waals surface area contributed by atoms with Crippen LogP contribution < -0.4 is 10.0 Å². The Hall–Kier alpha value is -1.48. The lowest BCUT2D eigenvalue weighted by Gasteiger charge is -2.25. The van der Waals surface area contributed by atoms with E-state index >= 15 is 0 Å². The molecule has 2 N–H and O–H groups in total. The van der Waals surface area contributed by atoms with Crippen molar-refractivity contribution in [2.75, 3.05) is 19.6 Å². The van der Waals surface area contributed by atoms with Crippen LogP contribution in [0.4, 0.5) is 8.78 Å². The fourth-order valence-electron chi connectivity index (χ4n) is 3.87. The summed E-state index contributed by atoms with van der Waals surface area (Å²) >= 11 is 0. The van der Waals surface area contributed by atoms with Gasteiger partial charge in [-0.1, -0.05) is 13.3 Å². The molecule has 9 heteroatoms. The van der Waals surface area contributed by atoms with Crippen LogP contribution in [0.1, 0.15) is 66.2 Å². The van der Waals surface area contributed by atoms with Crippen LogP contribution >= 0.6 is 0 Å². The number of rotatable bonds is 11. The zero-order valence-electron chi connectivity index (χ0n) is 19.1. The number of hydrogen-bond donors (Lipinski definition) is 2. The van der Waals surface area contributed by atoms with E-state index in [-0.39, 0.29) is 24.0 Å².